The van der Waals surface area contributed by atoms with E-state index in [-0.39, 0.29) is 0 Å². The third kappa shape index (κ3) is 5.61. The monoisotopic (exact) mass is 198 g/mol. The molecule has 0 aromatic carbocycles. The first-order valence-electron chi connectivity index (χ1n) is 6.25. The zero-order chi connectivity index (χ0) is 10.2. The highest BCUT2D eigenvalue weighted by Crippen LogP contribution is 2.25. The van der Waals surface area contributed by atoms with Crippen LogP contribution < -0.4 is 5.32 Å². The fourth-order valence-electron chi connectivity index (χ4n) is 1.84. The molecule has 2 nitrogen and oxygen atoms in total. The van der Waals surface area contributed by atoms with E-state index in [4.69, 9.17) is 0 Å². The van der Waals surface area contributed by atoms with Gasteiger partial charge in [0.15, 0.2) is 0 Å². The smallest absolute Gasteiger partial charge is 0.00933 e. The number of hydrogen-bond acceptors (Lipinski definition) is 2. The molecule has 1 saturated carbocycles. The molecule has 0 aromatic rings. The summed E-state index contributed by atoms with van der Waals surface area (Å²) in [6.45, 7) is 5.80. The van der Waals surface area contributed by atoms with E-state index >= 15 is 0 Å². The first kappa shape index (κ1) is 12.0. The van der Waals surface area contributed by atoms with Gasteiger partial charge in [0, 0.05) is 6.04 Å². The Labute approximate surface area is 89.1 Å². The number of rotatable bonds is 9. The van der Waals surface area contributed by atoms with Gasteiger partial charge >= 0.3 is 0 Å². The molecule has 1 N–H and O–H groups in total. The maximum absolute atomic E-state index is 3.37. The quantitative estimate of drug-likeness (QED) is 0.572. The van der Waals surface area contributed by atoms with E-state index in [2.05, 4.69) is 24.2 Å². The Bertz CT molecular complexity index is 132. The van der Waals surface area contributed by atoms with E-state index in [9.17, 15) is 0 Å². The molecule has 0 amide bonds. The molecule has 14 heavy (non-hydrogen) atoms. The minimum Gasteiger partial charge on any atom is -0.317 e. The van der Waals surface area contributed by atoms with Gasteiger partial charge in [0.1, 0.15) is 0 Å². The van der Waals surface area contributed by atoms with Crippen molar-refractivity contribution in [1.82, 2.24) is 10.2 Å². The van der Waals surface area contributed by atoms with Crippen molar-refractivity contribution < 1.29 is 0 Å². The van der Waals surface area contributed by atoms with Crippen LogP contribution in [0.3, 0.4) is 0 Å². The zero-order valence-corrected chi connectivity index (χ0v) is 9.89. The van der Waals surface area contributed by atoms with Gasteiger partial charge in [-0.15, -0.1) is 0 Å². The van der Waals surface area contributed by atoms with Gasteiger partial charge in [0.05, 0.1) is 0 Å². The van der Waals surface area contributed by atoms with Crippen molar-refractivity contribution in [2.45, 2.75) is 51.5 Å². The summed E-state index contributed by atoms with van der Waals surface area (Å²) in [4.78, 5) is 2.53. The Kier molecular flexibility index (Phi) is 6.20. The summed E-state index contributed by atoms with van der Waals surface area (Å²) >= 11 is 0. The molecule has 0 spiro atoms. The van der Waals surface area contributed by atoms with Crippen LogP contribution in [0.5, 0.6) is 0 Å². The molecule has 1 aliphatic rings. The van der Waals surface area contributed by atoms with Crippen molar-refractivity contribution >= 4 is 0 Å². The standard InChI is InChI=1S/C12H26N2/c1-3-13-10-6-4-5-7-11-14(2)12-8-9-12/h12-13H,3-11H2,1-2H3. The van der Waals surface area contributed by atoms with Crippen LogP contribution in [-0.4, -0.2) is 37.6 Å². The lowest BCUT2D eigenvalue weighted by molar-refractivity contribution is 0.314. The van der Waals surface area contributed by atoms with E-state index in [0.717, 1.165) is 12.6 Å². The van der Waals surface area contributed by atoms with E-state index in [1.54, 1.807) is 0 Å². The molecular formula is C12H26N2. The fraction of sp³-hybridized carbons (Fsp3) is 1.00. The van der Waals surface area contributed by atoms with Crippen molar-refractivity contribution in [3.05, 3.63) is 0 Å². The molecule has 0 unspecified atom stereocenters. The van der Waals surface area contributed by atoms with Gasteiger partial charge in [-0.2, -0.15) is 0 Å². The summed E-state index contributed by atoms with van der Waals surface area (Å²) in [5, 5.41) is 3.37. The molecule has 2 heteroatoms. The van der Waals surface area contributed by atoms with Gasteiger partial charge in [-0.1, -0.05) is 19.8 Å². The maximum atomic E-state index is 3.37. The zero-order valence-electron chi connectivity index (χ0n) is 9.89. The minimum absolute atomic E-state index is 0.941. The molecule has 0 bridgehead atoms. The molecule has 84 valence electrons. The molecule has 0 atom stereocenters. The Balaban J connectivity index is 1.75. The van der Waals surface area contributed by atoms with Gasteiger partial charge in [0.2, 0.25) is 0 Å². The van der Waals surface area contributed by atoms with Crippen molar-refractivity contribution in [3.63, 3.8) is 0 Å². The second-order valence-corrected chi connectivity index (χ2v) is 4.48. The fourth-order valence-corrected chi connectivity index (χ4v) is 1.84. The average Bonchev–Trinajstić information content (AvgIpc) is 2.99. The van der Waals surface area contributed by atoms with Gasteiger partial charge in [-0.25, -0.2) is 0 Å². The Morgan fingerprint density at radius 2 is 1.86 bits per heavy atom. The highest BCUT2D eigenvalue weighted by atomic mass is 15.1. The average molecular weight is 198 g/mol. The number of nitrogens with zero attached hydrogens (tertiary/aromatic N) is 1. The number of unbranched alkanes of at least 4 members (excludes halogenated alkanes) is 3. The summed E-state index contributed by atoms with van der Waals surface area (Å²) in [7, 11) is 2.27. The number of hydrogen-bond donors (Lipinski definition) is 1. The first-order valence-corrected chi connectivity index (χ1v) is 6.25. The van der Waals surface area contributed by atoms with Crippen LogP contribution in [0, 0.1) is 0 Å². The minimum atomic E-state index is 0.941. The van der Waals surface area contributed by atoms with Crippen LogP contribution in [0.15, 0.2) is 0 Å². The third-order valence-electron chi connectivity index (χ3n) is 3.03. The van der Waals surface area contributed by atoms with Crippen LogP contribution >= 0.6 is 0 Å². The molecule has 1 aliphatic carbocycles. The summed E-state index contributed by atoms with van der Waals surface area (Å²) in [6, 6.07) is 0.941. The number of nitrogens with one attached hydrogen (secondary N) is 1. The topological polar surface area (TPSA) is 15.3 Å². The second kappa shape index (κ2) is 7.24. The van der Waals surface area contributed by atoms with Crippen LogP contribution in [-0.2, 0) is 0 Å². The summed E-state index contributed by atoms with van der Waals surface area (Å²) in [6.07, 6.45) is 8.42. The highest BCUT2D eigenvalue weighted by Gasteiger charge is 2.25. The van der Waals surface area contributed by atoms with E-state index < -0.39 is 0 Å². The van der Waals surface area contributed by atoms with Crippen LogP contribution in [0.1, 0.15) is 45.4 Å². The summed E-state index contributed by atoms with van der Waals surface area (Å²) in [5.74, 6) is 0. The SMILES string of the molecule is CCNCCCCCCN(C)C1CC1. The Morgan fingerprint density at radius 1 is 1.14 bits per heavy atom. The van der Waals surface area contributed by atoms with E-state index in [0.29, 0.717) is 0 Å². The van der Waals surface area contributed by atoms with Crippen molar-refractivity contribution in [3.8, 4) is 0 Å². The highest BCUT2D eigenvalue weighted by molar-refractivity contribution is 4.81. The molecule has 1 fully saturated rings. The van der Waals surface area contributed by atoms with Crippen LogP contribution in [0.4, 0.5) is 0 Å². The lowest BCUT2D eigenvalue weighted by Gasteiger charge is -2.14. The van der Waals surface area contributed by atoms with Gasteiger partial charge in [-0.05, 0) is 52.4 Å². The largest absolute Gasteiger partial charge is 0.317 e. The Hall–Kier alpha value is -0.0800. The van der Waals surface area contributed by atoms with Gasteiger partial charge in [-0.3, -0.25) is 0 Å². The van der Waals surface area contributed by atoms with Crippen molar-refractivity contribution in [2.24, 2.45) is 0 Å². The first-order chi connectivity index (χ1) is 6.84. The van der Waals surface area contributed by atoms with Gasteiger partial charge < -0.3 is 10.2 Å². The molecule has 0 saturated heterocycles. The molecule has 1 rings (SSSR count). The second-order valence-electron chi connectivity index (χ2n) is 4.48. The molecule has 0 aromatic heterocycles. The maximum Gasteiger partial charge on any atom is 0.00933 e. The molecule has 0 aliphatic heterocycles. The lowest BCUT2D eigenvalue weighted by Crippen LogP contribution is -2.21. The van der Waals surface area contributed by atoms with Crippen LogP contribution in [0.2, 0.25) is 0 Å². The van der Waals surface area contributed by atoms with Crippen molar-refractivity contribution in [1.29, 1.82) is 0 Å². The predicted molar refractivity (Wildman–Crippen MR) is 62.7 cm³/mol. The molecule has 0 heterocycles. The normalized spacial score (nSPS) is 16.5. The van der Waals surface area contributed by atoms with E-state index in [1.165, 1.54) is 51.6 Å². The van der Waals surface area contributed by atoms with Crippen LogP contribution in [0.25, 0.3) is 0 Å². The predicted octanol–water partition coefficient (Wildman–Crippen LogP) is 2.25. The molecule has 0 radical (unpaired) electrons. The van der Waals surface area contributed by atoms with E-state index in [1.807, 2.05) is 0 Å². The summed E-state index contributed by atoms with van der Waals surface area (Å²) < 4.78 is 0. The third-order valence-corrected chi connectivity index (χ3v) is 3.03. The van der Waals surface area contributed by atoms with Gasteiger partial charge in [0.25, 0.3) is 0 Å². The Morgan fingerprint density at radius 3 is 2.50 bits per heavy atom. The molecular weight excluding hydrogens is 172 g/mol. The summed E-state index contributed by atoms with van der Waals surface area (Å²) in [5.41, 5.74) is 0. The lowest BCUT2D eigenvalue weighted by atomic mass is 10.2. The van der Waals surface area contributed by atoms with Crippen molar-refractivity contribution in [2.75, 3.05) is 26.7 Å².